The summed E-state index contributed by atoms with van der Waals surface area (Å²) in [6.07, 6.45) is 4.08. The van der Waals surface area contributed by atoms with Crippen molar-refractivity contribution in [2.75, 3.05) is 24.1 Å². The molecule has 0 aliphatic carbocycles. The van der Waals surface area contributed by atoms with E-state index in [1.807, 2.05) is 6.92 Å². The molecular weight excluding hydrogens is 230 g/mol. The van der Waals surface area contributed by atoms with Crippen LogP contribution in [0.4, 0.5) is 11.6 Å². The van der Waals surface area contributed by atoms with Crippen molar-refractivity contribution in [3.63, 3.8) is 0 Å². The van der Waals surface area contributed by atoms with Gasteiger partial charge >= 0.3 is 0 Å². The minimum atomic E-state index is -0.0449. The second-order valence-electron chi connectivity index (χ2n) is 4.04. The molecule has 100 valence electrons. The van der Waals surface area contributed by atoms with Gasteiger partial charge in [-0.15, -0.1) is 0 Å². The molecule has 1 amide bonds. The van der Waals surface area contributed by atoms with Crippen molar-refractivity contribution < 1.29 is 4.79 Å². The zero-order chi connectivity index (χ0) is 13.4. The molecule has 0 atom stereocenters. The van der Waals surface area contributed by atoms with Crippen molar-refractivity contribution in [1.82, 2.24) is 15.3 Å². The smallest absolute Gasteiger partial charge is 0.239 e. The summed E-state index contributed by atoms with van der Waals surface area (Å²) in [5.74, 6) is 1.08. The van der Waals surface area contributed by atoms with E-state index >= 15 is 0 Å². The largest absolute Gasteiger partial charge is 0.383 e. The number of nitrogens with two attached hydrogens (primary N) is 1. The summed E-state index contributed by atoms with van der Waals surface area (Å²) >= 11 is 0. The minimum Gasteiger partial charge on any atom is -0.383 e. The van der Waals surface area contributed by atoms with Crippen molar-refractivity contribution in [3.8, 4) is 0 Å². The number of anilines is 2. The molecule has 0 saturated heterocycles. The number of rotatable bonds is 7. The van der Waals surface area contributed by atoms with Crippen molar-refractivity contribution in [2.45, 2.75) is 33.1 Å². The Hall–Kier alpha value is -1.85. The molecule has 0 radical (unpaired) electrons. The number of hydrogen-bond donors (Lipinski definition) is 3. The van der Waals surface area contributed by atoms with Crippen LogP contribution in [0, 0.1) is 0 Å². The predicted octanol–water partition coefficient (Wildman–Crippen LogP) is 0.949. The summed E-state index contributed by atoms with van der Waals surface area (Å²) in [4.78, 5) is 19.6. The molecule has 0 spiro atoms. The molecular formula is C12H21N5O. The van der Waals surface area contributed by atoms with Gasteiger partial charge in [0.2, 0.25) is 5.91 Å². The summed E-state index contributed by atoms with van der Waals surface area (Å²) in [6.45, 7) is 4.96. The first kappa shape index (κ1) is 14.2. The number of carbonyl (C=O) groups excluding carboxylic acids is 1. The number of carbonyl (C=O) groups is 1. The Balaban J connectivity index is 2.61. The highest BCUT2D eigenvalue weighted by Gasteiger charge is 2.09. The Kier molecular flexibility index (Phi) is 5.90. The number of amides is 1. The van der Waals surface area contributed by atoms with Crippen LogP contribution in [0.1, 0.15) is 32.3 Å². The fourth-order valence-corrected chi connectivity index (χ4v) is 1.57. The maximum Gasteiger partial charge on any atom is 0.239 e. The van der Waals surface area contributed by atoms with Crippen LogP contribution >= 0.6 is 0 Å². The van der Waals surface area contributed by atoms with Crippen molar-refractivity contribution in [2.24, 2.45) is 0 Å². The zero-order valence-electron chi connectivity index (χ0n) is 11.0. The first-order chi connectivity index (χ1) is 8.69. The summed E-state index contributed by atoms with van der Waals surface area (Å²) in [5.41, 5.74) is 6.68. The molecule has 1 aromatic rings. The van der Waals surface area contributed by atoms with Gasteiger partial charge in [0, 0.05) is 12.1 Å². The van der Waals surface area contributed by atoms with Crippen LogP contribution in [-0.4, -0.2) is 29.0 Å². The van der Waals surface area contributed by atoms with Gasteiger partial charge in [0.05, 0.1) is 6.54 Å². The molecule has 0 aliphatic rings. The van der Waals surface area contributed by atoms with Crippen LogP contribution in [-0.2, 0) is 11.2 Å². The third-order valence-electron chi connectivity index (χ3n) is 2.47. The summed E-state index contributed by atoms with van der Waals surface area (Å²) in [7, 11) is 0. The number of nitrogens with one attached hydrogen (secondary N) is 2. The van der Waals surface area contributed by atoms with Crippen LogP contribution in [0.25, 0.3) is 0 Å². The van der Waals surface area contributed by atoms with Gasteiger partial charge in [-0.05, 0) is 12.8 Å². The third-order valence-corrected chi connectivity index (χ3v) is 2.47. The van der Waals surface area contributed by atoms with Gasteiger partial charge in [-0.25, -0.2) is 9.97 Å². The van der Waals surface area contributed by atoms with Gasteiger partial charge in [0.25, 0.3) is 0 Å². The standard InChI is InChI=1S/C12H21N5O/c1-3-5-9-11(13)16-8-17-12(9)15-7-10(18)14-6-4-2/h8H,3-7H2,1-2H3,(H,14,18)(H3,13,15,16,17). The van der Waals surface area contributed by atoms with Crippen LogP contribution < -0.4 is 16.4 Å². The molecule has 4 N–H and O–H groups in total. The lowest BCUT2D eigenvalue weighted by Crippen LogP contribution is -2.30. The minimum absolute atomic E-state index is 0.0449. The van der Waals surface area contributed by atoms with Gasteiger partial charge in [-0.3, -0.25) is 4.79 Å². The van der Waals surface area contributed by atoms with E-state index in [4.69, 9.17) is 5.73 Å². The quantitative estimate of drug-likeness (QED) is 0.671. The highest BCUT2D eigenvalue weighted by Crippen LogP contribution is 2.18. The maximum atomic E-state index is 11.5. The Morgan fingerprint density at radius 3 is 2.78 bits per heavy atom. The van der Waals surface area contributed by atoms with Crippen molar-refractivity contribution in [3.05, 3.63) is 11.9 Å². The SMILES string of the molecule is CCCNC(=O)CNc1ncnc(N)c1CCC. The first-order valence-electron chi connectivity index (χ1n) is 6.28. The lowest BCUT2D eigenvalue weighted by Gasteiger charge is -2.11. The van der Waals surface area contributed by atoms with E-state index < -0.39 is 0 Å². The number of nitrogen functional groups attached to an aromatic ring is 1. The van der Waals surface area contributed by atoms with Gasteiger partial charge in [0.1, 0.15) is 18.0 Å². The average Bonchev–Trinajstić information content (AvgIpc) is 2.37. The van der Waals surface area contributed by atoms with Crippen molar-refractivity contribution >= 4 is 17.5 Å². The van der Waals surface area contributed by atoms with Crippen LogP contribution in [0.2, 0.25) is 0 Å². The molecule has 1 heterocycles. The van der Waals surface area contributed by atoms with E-state index in [1.54, 1.807) is 0 Å². The second kappa shape index (κ2) is 7.47. The Bertz CT molecular complexity index is 394. The predicted molar refractivity (Wildman–Crippen MR) is 72.2 cm³/mol. The number of nitrogens with zero attached hydrogens (tertiary/aromatic N) is 2. The monoisotopic (exact) mass is 251 g/mol. The van der Waals surface area contributed by atoms with Gasteiger partial charge in [-0.2, -0.15) is 0 Å². The van der Waals surface area contributed by atoms with Gasteiger partial charge in [-0.1, -0.05) is 20.3 Å². The molecule has 0 fully saturated rings. The fourth-order valence-electron chi connectivity index (χ4n) is 1.57. The second-order valence-corrected chi connectivity index (χ2v) is 4.04. The molecule has 1 rings (SSSR count). The number of hydrogen-bond acceptors (Lipinski definition) is 5. The summed E-state index contributed by atoms with van der Waals surface area (Å²) in [6, 6.07) is 0. The van der Waals surface area contributed by atoms with Crippen LogP contribution in [0.3, 0.4) is 0 Å². The highest BCUT2D eigenvalue weighted by molar-refractivity contribution is 5.80. The average molecular weight is 251 g/mol. The van der Waals surface area contributed by atoms with E-state index in [2.05, 4.69) is 27.5 Å². The van der Waals surface area contributed by atoms with E-state index in [0.717, 1.165) is 24.8 Å². The molecule has 6 heteroatoms. The summed E-state index contributed by atoms with van der Waals surface area (Å²) in [5, 5.41) is 5.80. The Morgan fingerprint density at radius 1 is 1.33 bits per heavy atom. The van der Waals surface area contributed by atoms with Crippen LogP contribution in [0.5, 0.6) is 0 Å². The van der Waals surface area contributed by atoms with Crippen molar-refractivity contribution in [1.29, 1.82) is 0 Å². The molecule has 1 aromatic heterocycles. The van der Waals surface area contributed by atoms with Gasteiger partial charge in [0.15, 0.2) is 0 Å². The number of aromatic nitrogens is 2. The first-order valence-corrected chi connectivity index (χ1v) is 6.28. The van der Waals surface area contributed by atoms with E-state index in [9.17, 15) is 4.79 Å². The molecule has 0 bridgehead atoms. The Labute approximate surface area is 107 Å². The highest BCUT2D eigenvalue weighted by atomic mass is 16.1. The van der Waals surface area contributed by atoms with Crippen LogP contribution in [0.15, 0.2) is 6.33 Å². The lowest BCUT2D eigenvalue weighted by atomic mass is 10.1. The van der Waals surface area contributed by atoms with E-state index in [-0.39, 0.29) is 12.5 Å². The molecule has 0 saturated carbocycles. The molecule has 6 nitrogen and oxygen atoms in total. The Morgan fingerprint density at radius 2 is 2.11 bits per heavy atom. The maximum absolute atomic E-state index is 11.5. The molecule has 0 aliphatic heterocycles. The zero-order valence-corrected chi connectivity index (χ0v) is 11.0. The normalized spacial score (nSPS) is 10.1. The molecule has 0 aromatic carbocycles. The van der Waals surface area contributed by atoms with E-state index in [0.29, 0.717) is 18.2 Å². The third kappa shape index (κ3) is 4.20. The van der Waals surface area contributed by atoms with E-state index in [1.165, 1.54) is 6.33 Å². The molecule has 18 heavy (non-hydrogen) atoms. The van der Waals surface area contributed by atoms with Gasteiger partial charge < -0.3 is 16.4 Å². The lowest BCUT2D eigenvalue weighted by molar-refractivity contribution is -0.119. The molecule has 0 unspecified atom stereocenters. The summed E-state index contributed by atoms with van der Waals surface area (Å²) < 4.78 is 0. The fraction of sp³-hybridized carbons (Fsp3) is 0.583. The topological polar surface area (TPSA) is 92.9 Å².